The lowest BCUT2D eigenvalue weighted by molar-refractivity contribution is -0.139. The van der Waals surface area contributed by atoms with E-state index in [0.29, 0.717) is 17.1 Å². The Morgan fingerprint density at radius 2 is 1.85 bits per heavy atom. The molecule has 2 atom stereocenters. The molecule has 0 heterocycles. The van der Waals surface area contributed by atoms with E-state index in [9.17, 15) is 14.7 Å². The van der Waals surface area contributed by atoms with E-state index in [1.807, 2.05) is 43.3 Å². The SMILES string of the molecule is Cc1ccc(NC(=O)CC(C)N[C@@H](Cc2ccccc2)C(=O)O)c(Cl)c1. The van der Waals surface area contributed by atoms with Crippen LogP contribution in [0.4, 0.5) is 5.69 Å². The number of halogens is 1. The standard InChI is InChI=1S/C20H23ClN2O3/c1-13-8-9-17(16(21)10-13)23-19(24)11-14(2)22-18(20(25)26)12-15-6-4-3-5-7-15/h3-10,14,18,22H,11-12H2,1-2H3,(H,23,24)(H,25,26)/t14?,18-/m0/s1. The molecule has 0 bridgehead atoms. The van der Waals surface area contributed by atoms with Crippen LogP contribution in [0.5, 0.6) is 0 Å². The molecule has 5 nitrogen and oxygen atoms in total. The normalized spacial score (nSPS) is 13.0. The largest absolute Gasteiger partial charge is 0.480 e. The molecule has 0 radical (unpaired) electrons. The Bertz CT molecular complexity index is 765. The van der Waals surface area contributed by atoms with Crippen molar-refractivity contribution in [1.29, 1.82) is 0 Å². The highest BCUT2D eigenvalue weighted by Crippen LogP contribution is 2.22. The Hall–Kier alpha value is -2.37. The predicted molar refractivity (Wildman–Crippen MR) is 104 cm³/mol. The average molecular weight is 375 g/mol. The van der Waals surface area contributed by atoms with E-state index in [2.05, 4.69) is 10.6 Å². The minimum absolute atomic E-state index is 0.142. The molecule has 0 saturated carbocycles. The summed E-state index contributed by atoms with van der Waals surface area (Å²) in [4.78, 5) is 23.7. The summed E-state index contributed by atoms with van der Waals surface area (Å²) < 4.78 is 0. The van der Waals surface area contributed by atoms with Gasteiger partial charge in [0.1, 0.15) is 6.04 Å². The lowest BCUT2D eigenvalue weighted by Crippen LogP contribution is -2.44. The molecule has 2 rings (SSSR count). The molecule has 2 aromatic carbocycles. The number of amides is 1. The monoisotopic (exact) mass is 374 g/mol. The Morgan fingerprint density at radius 1 is 1.15 bits per heavy atom. The number of benzene rings is 2. The Kier molecular flexibility index (Phi) is 7.18. The van der Waals surface area contributed by atoms with Crippen molar-refractivity contribution in [3.8, 4) is 0 Å². The van der Waals surface area contributed by atoms with Crippen molar-refractivity contribution in [1.82, 2.24) is 5.32 Å². The molecule has 26 heavy (non-hydrogen) atoms. The molecule has 0 spiro atoms. The van der Waals surface area contributed by atoms with E-state index in [1.165, 1.54) is 0 Å². The summed E-state index contributed by atoms with van der Waals surface area (Å²) in [5.74, 6) is -1.16. The second-order valence-electron chi connectivity index (χ2n) is 6.38. The fraction of sp³-hybridized carbons (Fsp3) is 0.300. The van der Waals surface area contributed by atoms with Crippen LogP contribution >= 0.6 is 11.6 Å². The molecule has 0 fully saturated rings. The van der Waals surface area contributed by atoms with Crippen LogP contribution in [-0.2, 0) is 16.0 Å². The summed E-state index contributed by atoms with van der Waals surface area (Å²) in [7, 11) is 0. The van der Waals surface area contributed by atoms with E-state index < -0.39 is 12.0 Å². The van der Waals surface area contributed by atoms with Gasteiger partial charge in [-0.25, -0.2) is 0 Å². The zero-order valence-electron chi connectivity index (χ0n) is 14.8. The van der Waals surface area contributed by atoms with Crippen molar-refractivity contribution in [2.45, 2.75) is 38.8 Å². The van der Waals surface area contributed by atoms with Crippen molar-refractivity contribution >= 4 is 29.2 Å². The van der Waals surface area contributed by atoms with Gasteiger partial charge in [0, 0.05) is 12.5 Å². The molecule has 0 aliphatic heterocycles. The maximum Gasteiger partial charge on any atom is 0.321 e. The molecule has 2 aromatic rings. The number of hydrogen-bond donors (Lipinski definition) is 3. The van der Waals surface area contributed by atoms with E-state index in [1.54, 1.807) is 19.1 Å². The van der Waals surface area contributed by atoms with E-state index >= 15 is 0 Å². The molecule has 0 aliphatic rings. The van der Waals surface area contributed by atoms with Crippen LogP contribution in [0.15, 0.2) is 48.5 Å². The zero-order chi connectivity index (χ0) is 19.1. The number of aryl methyl sites for hydroxylation is 1. The molecule has 3 N–H and O–H groups in total. The highest BCUT2D eigenvalue weighted by Gasteiger charge is 2.21. The van der Waals surface area contributed by atoms with E-state index in [4.69, 9.17) is 11.6 Å². The fourth-order valence-electron chi connectivity index (χ4n) is 2.67. The maximum absolute atomic E-state index is 12.2. The molecular formula is C20H23ClN2O3. The lowest BCUT2D eigenvalue weighted by Gasteiger charge is -2.20. The van der Waals surface area contributed by atoms with Gasteiger partial charge in [0.15, 0.2) is 0 Å². The first-order valence-electron chi connectivity index (χ1n) is 8.44. The fourth-order valence-corrected chi connectivity index (χ4v) is 2.95. The minimum atomic E-state index is -0.942. The summed E-state index contributed by atoms with van der Waals surface area (Å²) in [6.07, 6.45) is 0.495. The average Bonchev–Trinajstić information content (AvgIpc) is 2.57. The minimum Gasteiger partial charge on any atom is -0.480 e. The molecule has 0 saturated heterocycles. The number of rotatable bonds is 8. The van der Waals surface area contributed by atoms with Crippen LogP contribution in [0.25, 0.3) is 0 Å². The number of aliphatic carboxylic acids is 1. The van der Waals surface area contributed by atoms with Crippen LogP contribution < -0.4 is 10.6 Å². The first kappa shape index (κ1) is 19.9. The van der Waals surface area contributed by atoms with Gasteiger partial charge in [0.05, 0.1) is 10.7 Å². The molecular weight excluding hydrogens is 352 g/mol. The second-order valence-corrected chi connectivity index (χ2v) is 6.79. The third kappa shape index (κ3) is 6.17. The molecule has 138 valence electrons. The van der Waals surface area contributed by atoms with Gasteiger partial charge in [-0.3, -0.25) is 9.59 Å². The summed E-state index contributed by atoms with van der Waals surface area (Å²) in [6, 6.07) is 13.7. The second kappa shape index (κ2) is 9.36. The Labute approximate surface area is 158 Å². The zero-order valence-corrected chi connectivity index (χ0v) is 15.6. The number of carboxylic acids is 1. The molecule has 0 aromatic heterocycles. The first-order valence-corrected chi connectivity index (χ1v) is 8.81. The van der Waals surface area contributed by atoms with Gasteiger partial charge in [0.25, 0.3) is 0 Å². The summed E-state index contributed by atoms with van der Waals surface area (Å²) in [6.45, 7) is 3.71. The number of carbonyl (C=O) groups is 2. The van der Waals surface area contributed by atoms with Crippen molar-refractivity contribution < 1.29 is 14.7 Å². The van der Waals surface area contributed by atoms with Crippen molar-refractivity contribution in [3.63, 3.8) is 0 Å². The Morgan fingerprint density at radius 3 is 2.46 bits per heavy atom. The quantitative estimate of drug-likeness (QED) is 0.659. The molecule has 0 aliphatic carbocycles. The highest BCUT2D eigenvalue weighted by atomic mass is 35.5. The summed E-state index contributed by atoms with van der Waals surface area (Å²) in [5.41, 5.74) is 2.48. The van der Waals surface area contributed by atoms with Crippen LogP contribution in [-0.4, -0.2) is 29.1 Å². The van der Waals surface area contributed by atoms with Gasteiger partial charge < -0.3 is 15.7 Å². The lowest BCUT2D eigenvalue weighted by atomic mass is 10.0. The van der Waals surface area contributed by atoms with E-state index in [0.717, 1.165) is 11.1 Å². The Balaban J connectivity index is 1.91. The topological polar surface area (TPSA) is 78.4 Å². The van der Waals surface area contributed by atoms with Gasteiger partial charge in [-0.05, 0) is 43.5 Å². The number of hydrogen-bond acceptors (Lipinski definition) is 3. The van der Waals surface area contributed by atoms with E-state index in [-0.39, 0.29) is 18.4 Å². The van der Waals surface area contributed by atoms with Gasteiger partial charge >= 0.3 is 5.97 Å². The highest BCUT2D eigenvalue weighted by molar-refractivity contribution is 6.33. The smallest absolute Gasteiger partial charge is 0.321 e. The maximum atomic E-state index is 12.2. The third-order valence-corrected chi connectivity index (χ3v) is 4.27. The third-order valence-electron chi connectivity index (χ3n) is 3.96. The number of nitrogens with one attached hydrogen (secondary N) is 2. The van der Waals surface area contributed by atoms with Crippen molar-refractivity contribution in [2.24, 2.45) is 0 Å². The van der Waals surface area contributed by atoms with Gasteiger partial charge in [-0.15, -0.1) is 0 Å². The summed E-state index contributed by atoms with van der Waals surface area (Å²) >= 11 is 6.12. The van der Waals surface area contributed by atoms with Gasteiger partial charge in [-0.1, -0.05) is 48.0 Å². The molecule has 1 unspecified atom stereocenters. The van der Waals surface area contributed by atoms with Crippen molar-refractivity contribution in [2.75, 3.05) is 5.32 Å². The van der Waals surface area contributed by atoms with Crippen LogP contribution in [0.2, 0.25) is 5.02 Å². The first-order chi connectivity index (χ1) is 12.3. The van der Waals surface area contributed by atoms with Gasteiger partial charge in [0.2, 0.25) is 5.91 Å². The number of carboxylic acid groups (broad SMARTS) is 1. The molecule has 6 heteroatoms. The van der Waals surface area contributed by atoms with Crippen molar-refractivity contribution in [3.05, 3.63) is 64.7 Å². The summed E-state index contributed by atoms with van der Waals surface area (Å²) in [5, 5.41) is 15.7. The van der Waals surface area contributed by atoms with Crippen LogP contribution in [0.3, 0.4) is 0 Å². The predicted octanol–water partition coefficient (Wildman–Crippen LogP) is 3.65. The molecule has 1 amide bonds. The van der Waals surface area contributed by atoms with Crippen LogP contribution in [0.1, 0.15) is 24.5 Å². The van der Waals surface area contributed by atoms with Crippen LogP contribution in [0, 0.1) is 6.92 Å². The van der Waals surface area contributed by atoms with Gasteiger partial charge in [-0.2, -0.15) is 0 Å². The number of carbonyl (C=O) groups excluding carboxylic acids is 1. The number of anilines is 1.